The molecule has 1 aliphatic carbocycles. The third-order valence-corrected chi connectivity index (χ3v) is 4.11. The van der Waals surface area contributed by atoms with Gasteiger partial charge in [0.05, 0.1) is 0 Å². The molecular weight excluding hydrogens is 242 g/mol. The zero-order valence-electron chi connectivity index (χ0n) is 11.7. The van der Waals surface area contributed by atoms with E-state index in [4.69, 9.17) is 4.74 Å². The summed E-state index contributed by atoms with van der Waals surface area (Å²) in [5, 5.41) is 12.5. The number of likely N-dealkylation sites (N-methyl/N-ethyl adjacent to an activating group) is 1. The van der Waals surface area contributed by atoms with Gasteiger partial charge in [0.25, 0.3) is 0 Å². The predicted molar refractivity (Wildman–Crippen MR) is 73.6 cm³/mol. The molecule has 0 heterocycles. The van der Waals surface area contributed by atoms with Crippen molar-refractivity contribution in [3.05, 3.63) is 29.3 Å². The first-order valence-electron chi connectivity index (χ1n) is 6.62. The molecule has 1 saturated carbocycles. The van der Waals surface area contributed by atoms with E-state index in [1.54, 1.807) is 7.05 Å². The van der Waals surface area contributed by atoms with Crippen molar-refractivity contribution in [1.82, 2.24) is 5.32 Å². The minimum Gasteiger partial charge on any atom is -0.491 e. The first kappa shape index (κ1) is 13.9. The Balaban J connectivity index is 2.15. The summed E-state index contributed by atoms with van der Waals surface area (Å²) in [4.78, 5) is 11.6. The van der Waals surface area contributed by atoms with Crippen molar-refractivity contribution >= 4 is 5.97 Å². The van der Waals surface area contributed by atoms with Crippen LogP contribution in [0.5, 0.6) is 5.75 Å². The fourth-order valence-corrected chi connectivity index (χ4v) is 2.39. The van der Waals surface area contributed by atoms with Crippen LogP contribution in [0.15, 0.2) is 18.2 Å². The highest BCUT2D eigenvalue weighted by Crippen LogP contribution is 2.40. The van der Waals surface area contributed by atoms with Gasteiger partial charge < -0.3 is 15.2 Å². The summed E-state index contributed by atoms with van der Waals surface area (Å²) in [6, 6.07) is 5.83. The maximum atomic E-state index is 11.6. The molecule has 0 saturated heterocycles. The first-order chi connectivity index (χ1) is 9.01. The van der Waals surface area contributed by atoms with Crippen molar-refractivity contribution in [3.8, 4) is 5.75 Å². The van der Waals surface area contributed by atoms with Crippen LogP contribution in [-0.2, 0) is 4.79 Å². The van der Waals surface area contributed by atoms with E-state index in [-0.39, 0.29) is 12.5 Å². The predicted octanol–water partition coefficient (Wildman–Crippen LogP) is 2.14. The largest absolute Gasteiger partial charge is 0.491 e. The highest BCUT2D eigenvalue weighted by Gasteiger charge is 2.51. The molecule has 0 radical (unpaired) electrons. The Bertz CT molecular complexity index is 482. The molecule has 1 aromatic carbocycles. The van der Waals surface area contributed by atoms with Gasteiger partial charge in [0.2, 0.25) is 0 Å². The number of carboxylic acids is 1. The summed E-state index contributed by atoms with van der Waals surface area (Å²) in [5.74, 6) is 0.101. The zero-order chi connectivity index (χ0) is 14.0. The Morgan fingerprint density at radius 1 is 1.47 bits per heavy atom. The highest BCUT2D eigenvalue weighted by molar-refractivity contribution is 5.80. The van der Waals surface area contributed by atoms with Gasteiger partial charge in [0.1, 0.15) is 12.4 Å². The maximum absolute atomic E-state index is 11.6. The van der Waals surface area contributed by atoms with Crippen LogP contribution < -0.4 is 10.1 Å². The van der Waals surface area contributed by atoms with E-state index in [0.29, 0.717) is 0 Å². The zero-order valence-corrected chi connectivity index (χ0v) is 11.7. The van der Waals surface area contributed by atoms with E-state index >= 15 is 0 Å². The number of benzene rings is 1. The fraction of sp³-hybridized carbons (Fsp3) is 0.533. The van der Waals surface area contributed by atoms with Crippen molar-refractivity contribution in [2.45, 2.75) is 32.2 Å². The third kappa shape index (κ3) is 2.59. The lowest BCUT2D eigenvalue weighted by molar-refractivity contribution is -0.147. The van der Waals surface area contributed by atoms with Gasteiger partial charge in [-0.05, 0) is 56.8 Å². The molecular formula is C15H21NO3. The van der Waals surface area contributed by atoms with Crippen LogP contribution in [-0.4, -0.2) is 30.3 Å². The summed E-state index contributed by atoms with van der Waals surface area (Å²) in [7, 11) is 1.69. The molecule has 4 nitrogen and oxygen atoms in total. The number of hydrogen-bond donors (Lipinski definition) is 2. The van der Waals surface area contributed by atoms with Gasteiger partial charge in [0, 0.05) is 0 Å². The number of ether oxygens (including phenoxy) is 1. The maximum Gasteiger partial charge on any atom is 0.327 e. The molecule has 2 N–H and O–H groups in total. The lowest BCUT2D eigenvalue weighted by Gasteiger charge is -2.29. The third-order valence-electron chi connectivity index (χ3n) is 4.11. The Morgan fingerprint density at radius 3 is 2.68 bits per heavy atom. The van der Waals surface area contributed by atoms with Gasteiger partial charge >= 0.3 is 5.97 Å². The highest BCUT2D eigenvalue weighted by atomic mass is 16.5. The lowest BCUT2D eigenvalue weighted by Crippen LogP contribution is -2.56. The summed E-state index contributed by atoms with van der Waals surface area (Å²) < 4.78 is 5.79. The van der Waals surface area contributed by atoms with Crippen molar-refractivity contribution < 1.29 is 14.6 Å². The van der Waals surface area contributed by atoms with E-state index in [1.807, 2.05) is 32.0 Å². The van der Waals surface area contributed by atoms with Crippen LogP contribution in [0.4, 0.5) is 0 Å². The lowest BCUT2D eigenvalue weighted by atomic mass is 9.94. The van der Waals surface area contributed by atoms with Crippen LogP contribution in [0.25, 0.3) is 0 Å². The smallest absolute Gasteiger partial charge is 0.327 e. The molecule has 4 heteroatoms. The molecule has 104 valence electrons. The molecule has 1 aromatic rings. The van der Waals surface area contributed by atoms with Gasteiger partial charge in [0.15, 0.2) is 5.54 Å². The molecule has 1 unspecified atom stereocenters. The van der Waals surface area contributed by atoms with Crippen molar-refractivity contribution in [2.75, 3.05) is 13.7 Å². The Kier molecular flexibility index (Phi) is 3.80. The second-order valence-corrected chi connectivity index (χ2v) is 5.29. The number of aliphatic carboxylic acids is 1. The molecule has 1 aliphatic rings. The summed E-state index contributed by atoms with van der Waals surface area (Å²) >= 11 is 0. The van der Waals surface area contributed by atoms with Crippen LogP contribution in [0.2, 0.25) is 0 Å². The topological polar surface area (TPSA) is 58.6 Å². The second-order valence-electron chi connectivity index (χ2n) is 5.29. The number of carbonyl (C=O) groups is 1. The van der Waals surface area contributed by atoms with Crippen LogP contribution >= 0.6 is 0 Å². The average Bonchev–Trinajstić information content (AvgIpc) is 3.20. The normalized spacial score (nSPS) is 17.8. The van der Waals surface area contributed by atoms with Gasteiger partial charge in [-0.3, -0.25) is 4.79 Å². The number of nitrogens with one attached hydrogen (secondary N) is 1. The average molecular weight is 263 g/mol. The fourth-order valence-electron chi connectivity index (χ4n) is 2.39. The van der Waals surface area contributed by atoms with Gasteiger partial charge in [-0.15, -0.1) is 0 Å². The molecule has 1 atom stereocenters. The standard InChI is InChI=1S/C15H21NO3/c1-10-5-4-6-13(11(10)2)19-9-15(16-3,14(17)18)12-7-8-12/h4-6,12,16H,7-9H2,1-3H3,(H,17,18). The molecule has 0 amide bonds. The monoisotopic (exact) mass is 263 g/mol. The summed E-state index contributed by atoms with van der Waals surface area (Å²) in [6.45, 7) is 4.17. The van der Waals surface area contributed by atoms with Crippen LogP contribution in [0.1, 0.15) is 24.0 Å². The summed E-state index contributed by atoms with van der Waals surface area (Å²) in [6.07, 6.45) is 1.90. The van der Waals surface area contributed by atoms with Gasteiger partial charge in [-0.25, -0.2) is 0 Å². The molecule has 0 spiro atoms. The minimum atomic E-state index is -0.962. The van der Waals surface area contributed by atoms with E-state index in [0.717, 1.165) is 29.7 Å². The van der Waals surface area contributed by atoms with Crippen LogP contribution in [0.3, 0.4) is 0 Å². The quantitative estimate of drug-likeness (QED) is 0.825. The molecule has 0 bridgehead atoms. The minimum absolute atomic E-state index is 0.161. The Morgan fingerprint density at radius 2 is 2.16 bits per heavy atom. The second kappa shape index (κ2) is 5.21. The van der Waals surface area contributed by atoms with E-state index < -0.39 is 11.5 Å². The SMILES string of the molecule is CNC(COc1cccc(C)c1C)(C(=O)O)C1CC1. The van der Waals surface area contributed by atoms with Gasteiger partial charge in [-0.1, -0.05) is 12.1 Å². The molecule has 1 fully saturated rings. The molecule has 2 rings (SSSR count). The molecule has 0 aliphatic heterocycles. The first-order valence-corrected chi connectivity index (χ1v) is 6.62. The van der Waals surface area contributed by atoms with E-state index in [9.17, 15) is 9.90 Å². The number of rotatable bonds is 6. The molecule has 19 heavy (non-hydrogen) atoms. The van der Waals surface area contributed by atoms with Crippen LogP contribution in [0, 0.1) is 19.8 Å². The van der Waals surface area contributed by atoms with E-state index in [1.165, 1.54) is 0 Å². The van der Waals surface area contributed by atoms with Crippen molar-refractivity contribution in [1.29, 1.82) is 0 Å². The Hall–Kier alpha value is -1.55. The Labute approximate surface area is 113 Å². The summed E-state index contributed by atoms with van der Waals surface area (Å²) in [5.41, 5.74) is 1.25. The van der Waals surface area contributed by atoms with Crippen molar-refractivity contribution in [3.63, 3.8) is 0 Å². The number of carboxylic acid groups (broad SMARTS) is 1. The van der Waals surface area contributed by atoms with E-state index in [2.05, 4.69) is 5.32 Å². The molecule has 0 aromatic heterocycles. The number of aryl methyl sites for hydroxylation is 1. The van der Waals surface area contributed by atoms with Crippen molar-refractivity contribution in [2.24, 2.45) is 5.92 Å². The number of hydrogen-bond acceptors (Lipinski definition) is 3. The van der Waals surface area contributed by atoms with Gasteiger partial charge in [-0.2, -0.15) is 0 Å².